The zero-order valence-corrected chi connectivity index (χ0v) is 8.73. The number of aryl methyl sites for hydroxylation is 1. The highest BCUT2D eigenvalue weighted by Crippen LogP contribution is 2.48. The number of benzene rings is 1. The summed E-state index contributed by atoms with van der Waals surface area (Å²) >= 11 is 0. The van der Waals surface area contributed by atoms with Crippen LogP contribution in [0.2, 0.25) is 0 Å². The van der Waals surface area contributed by atoms with Gasteiger partial charge in [-0.3, -0.25) is 4.79 Å². The van der Waals surface area contributed by atoms with Crippen LogP contribution in [-0.2, 0) is 11.2 Å². The normalized spacial score (nSPS) is 11.3. The lowest BCUT2D eigenvalue weighted by Gasteiger charge is -2.08. The smallest absolute Gasteiger partial charge is 0.275 e. The molecule has 0 spiro atoms. The van der Waals surface area contributed by atoms with Gasteiger partial charge in [0.15, 0.2) is 12.4 Å². The monoisotopic (exact) mass is 213 g/mol. The van der Waals surface area contributed by atoms with E-state index < -0.39 is 7.72 Å². The molecule has 0 heterocycles. The van der Waals surface area contributed by atoms with E-state index in [1.54, 1.807) is 0 Å². The fourth-order valence-electron chi connectivity index (χ4n) is 1.16. The van der Waals surface area contributed by atoms with Crippen molar-refractivity contribution in [3.63, 3.8) is 0 Å². The third kappa shape index (κ3) is 3.97. The molecule has 76 valence electrons. The minimum Gasteiger partial charge on any atom is -0.299 e. The fraction of sp³-hybridized carbons (Fsp3) is 0.300. The molecule has 1 rings (SSSR count). The van der Waals surface area contributed by atoms with Crippen LogP contribution in [0.5, 0.6) is 0 Å². The number of hydrogen-bond acceptors (Lipinski definition) is 3. The van der Waals surface area contributed by atoms with Gasteiger partial charge in [0.2, 0.25) is 0 Å². The molecule has 0 aliphatic carbocycles. The van der Waals surface area contributed by atoms with Crippen LogP contribution >= 0.6 is 7.72 Å². The minimum absolute atomic E-state index is 0.125. The summed E-state index contributed by atoms with van der Waals surface area (Å²) in [4.78, 5) is 29.0. The highest BCUT2D eigenvalue weighted by atomic mass is 31.2. The first-order chi connectivity index (χ1) is 6.64. The first kappa shape index (κ1) is 11.3. The average molecular weight is 213 g/mol. The number of carbonyl (C=O) groups excluding carboxylic acids is 1. The summed E-state index contributed by atoms with van der Waals surface area (Å²) in [6.45, 7) is 0. The molecule has 0 bridgehead atoms. The van der Waals surface area contributed by atoms with Gasteiger partial charge in [-0.15, -0.1) is 0 Å². The van der Waals surface area contributed by atoms with E-state index >= 15 is 0 Å². The standard InChI is InChI=1S/C10H14O3P/c11-7-9-14(12,13)8-6-10-4-2-1-3-5-10/h1-5,7,12-13H,6,8-9H2/q+1. The summed E-state index contributed by atoms with van der Waals surface area (Å²) in [5, 5.41) is 0. The highest BCUT2D eigenvalue weighted by molar-refractivity contribution is 7.65. The Balaban J connectivity index is 2.44. The summed E-state index contributed by atoms with van der Waals surface area (Å²) in [5.41, 5.74) is 1.06. The molecule has 0 saturated heterocycles. The molecule has 0 aliphatic rings. The van der Waals surface area contributed by atoms with E-state index in [0.29, 0.717) is 12.7 Å². The van der Waals surface area contributed by atoms with Gasteiger partial charge in [0, 0.05) is 6.42 Å². The van der Waals surface area contributed by atoms with Crippen molar-refractivity contribution in [2.75, 3.05) is 12.3 Å². The molecule has 1 aromatic carbocycles. The summed E-state index contributed by atoms with van der Waals surface area (Å²) < 4.78 is 0. The number of hydrogen-bond donors (Lipinski definition) is 2. The van der Waals surface area contributed by atoms with Crippen LogP contribution in [0.3, 0.4) is 0 Å². The van der Waals surface area contributed by atoms with Gasteiger partial charge in [0.25, 0.3) is 7.72 Å². The maximum atomic E-state index is 10.1. The van der Waals surface area contributed by atoms with Gasteiger partial charge in [-0.1, -0.05) is 30.3 Å². The average Bonchev–Trinajstić information content (AvgIpc) is 2.17. The Hall–Kier alpha value is -0.760. The van der Waals surface area contributed by atoms with E-state index in [4.69, 9.17) is 0 Å². The molecule has 3 nitrogen and oxygen atoms in total. The topological polar surface area (TPSA) is 57.5 Å². The molecule has 0 saturated carbocycles. The molecular weight excluding hydrogens is 199 g/mol. The predicted octanol–water partition coefficient (Wildman–Crippen LogP) is 1.26. The van der Waals surface area contributed by atoms with E-state index in [1.807, 2.05) is 30.3 Å². The molecular formula is C10H14O3P+. The van der Waals surface area contributed by atoms with Crippen LogP contribution in [0.25, 0.3) is 0 Å². The molecule has 0 atom stereocenters. The van der Waals surface area contributed by atoms with Gasteiger partial charge < -0.3 is 0 Å². The number of carbonyl (C=O) groups is 1. The molecule has 0 amide bonds. The number of rotatable bonds is 5. The van der Waals surface area contributed by atoms with Gasteiger partial charge in [-0.25, -0.2) is 9.79 Å². The van der Waals surface area contributed by atoms with Crippen LogP contribution < -0.4 is 0 Å². The van der Waals surface area contributed by atoms with E-state index in [9.17, 15) is 14.6 Å². The van der Waals surface area contributed by atoms with Crippen LogP contribution in [0.4, 0.5) is 0 Å². The third-order valence-electron chi connectivity index (χ3n) is 1.97. The zero-order valence-electron chi connectivity index (χ0n) is 7.84. The van der Waals surface area contributed by atoms with E-state index in [-0.39, 0.29) is 12.3 Å². The van der Waals surface area contributed by atoms with Crippen LogP contribution in [-0.4, -0.2) is 28.4 Å². The second kappa shape index (κ2) is 5.20. The van der Waals surface area contributed by atoms with Crippen molar-refractivity contribution in [2.24, 2.45) is 0 Å². The van der Waals surface area contributed by atoms with Crippen LogP contribution in [0, 0.1) is 0 Å². The van der Waals surface area contributed by atoms with Crippen molar-refractivity contribution in [1.29, 1.82) is 0 Å². The van der Waals surface area contributed by atoms with Crippen molar-refractivity contribution >= 4 is 14.0 Å². The molecule has 0 aromatic heterocycles. The Kier molecular flexibility index (Phi) is 4.21. The Morgan fingerprint density at radius 2 is 1.86 bits per heavy atom. The van der Waals surface area contributed by atoms with Crippen LogP contribution in [0.1, 0.15) is 5.56 Å². The van der Waals surface area contributed by atoms with Crippen molar-refractivity contribution in [3.05, 3.63) is 35.9 Å². The van der Waals surface area contributed by atoms with Gasteiger partial charge in [0.05, 0.1) is 0 Å². The summed E-state index contributed by atoms with van der Waals surface area (Å²) in [7, 11) is -2.98. The first-order valence-corrected chi connectivity index (χ1v) is 6.51. The molecule has 14 heavy (non-hydrogen) atoms. The fourth-order valence-corrected chi connectivity index (χ4v) is 2.20. The van der Waals surface area contributed by atoms with E-state index in [2.05, 4.69) is 0 Å². The second-order valence-electron chi connectivity index (χ2n) is 3.19. The second-order valence-corrected chi connectivity index (χ2v) is 5.76. The van der Waals surface area contributed by atoms with E-state index in [1.165, 1.54) is 0 Å². The molecule has 4 heteroatoms. The Morgan fingerprint density at radius 3 is 2.43 bits per heavy atom. The lowest BCUT2D eigenvalue weighted by Crippen LogP contribution is -2.05. The summed E-state index contributed by atoms with van der Waals surface area (Å²) in [6, 6.07) is 9.59. The first-order valence-electron chi connectivity index (χ1n) is 4.44. The van der Waals surface area contributed by atoms with Gasteiger partial charge >= 0.3 is 0 Å². The van der Waals surface area contributed by atoms with E-state index in [0.717, 1.165) is 5.56 Å². The molecule has 0 radical (unpaired) electrons. The molecule has 0 aliphatic heterocycles. The van der Waals surface area contributed by atoms with Crippen molar-refractivity contribution in [2.45, 2.75) is 6.42 Å². The molecule has 2 N–H and O–H groups in total. The largest absolute Gasteiger partial charge is 0.299 e. The van der Waals surface area contributed by atoms with Gasteiger partial charge in [-0.2, -0.15) is 0 Å². The third-order valence-corrected chi connectivity index (χ3v) is 3.64. The van der Waals surface area contributed by atoms with Gasteiger partial charge in [-0.05, 0) is 5.56 Å². The SMILES string of the molecule is O=CC[P+](O)(O)CCc1ccccc1. The van der Waals surface area contributed by atoms with Crippen LogP contribution in [0.15, 0.2) is 30.3 Å². The quantitative estimate of drug-likeness (QED) is 0.572. The molecule has 0 unspecified atom stereocenters. The summed E-state index contributed by atoms with van der Waals surface area (Å²) in [5.74, 6) is 0. The maximum absolute atomic E-state index is 10.1. The van der Waals surface area contributed by atoms with Gasteiger partial charge in [0.1, 0.15) is 6.16 Å². The predicted molar refractivity (Wildman–Crippen MR) is 57.3 cm³/mol. The highest BCUT2D eigenvalue weighted by Gasteiger charge is 2.31. The molecule has 0 fully saturated rings. The van der Waals surface area contributed by atoms with Crippen molar-refractivity contribution < 1.29 is 14.6 Å². The lowest BCUT2D eigenvalue weighted by atomic mass is 10.2. The Bertz CT molecular complexity index is 285. The zero-order chi connectivity index (χ0) is 10.4. The molecule has 1 aromatic rings. The Morgan fingerprint density at radius 1 is 1.21 bits per heavy atom. The lowest BCUT2D eigenvalue weighted by molar-refractivity contribution is -0.105. The number of aldehydes is 1. The maximum Gasteiger partial charge on any atom is 0.275 e. The van der Waals surface area contributed by atoms with Crippen molar-refractivity contribution in [1.82, 2.24) is 0 Å². The summed E-state index contributed by atoms with van der Waals surface area (Å²) in [6.07, 6.45) is 1.34. The van der Waals surface area contributed by atoms with Crippen molar-refractivity contribution in [3.8, 4) is 0 Å². The minimum atomic E-state index is -2.98. The Labute approximate surface area is 83.9 Å².